The highest BCUT2D eigenvalue weighted by atomic mass is 32.2. The van der Waals surface area contributed by atoms with Crippen molar-refractivity contribution in [1.82, 2.24) is 40.8 Å². The van der Waals surface area contributed by atoms with Crippen LogP contribution in [0, 0.1) is 0 Å². The van der Waals surface area contributed by atoms with E-state index in [4.69, 9.17) is 0 Å². The molecule has 0 atom stereocenters. The molecule has 462 valence electrons. The minimum atomic E-state index is -5.36. The van der Waals surface area contributed by atoms with E-state index >= 15 is 0 Å². The number of anilines is 6. The fraction of sp³-hybridized carbons (Fsp3) is 0. The number of benzene rings is 7. The third-order valence-corrected chi connectivity index (χ3v) is 15.3. The van der Waals surface area contributed by atoms with E-state index in [1.54, 1.807) is 0 Å². The van der Waals surface area contributed by atoms with Crippen molar-refractivity contribution in [1.29, 1.82) is 0 Å². The van der Waals surface area contributed by atoms with Gasteiger partial charge in [-0.2, -0.15) is 63.6 Å². The summed E-state index contributed by atoms with van der Waals surface area (Å²) in [6.45, 7) is 0. The van der Waals surface area contributed by atoms with Crippen LogP contribution in [0.4, 0.5) is 57.9 Å². The molecule has 9 rings (SSSR count). The van der Waals surface area contributed by atoms with E-state index in [-0.39, 0.29) is 22.5 Å². The smallest absolute Gasteiger partial charge is 0.337 e. The Morgan fingerprint density at radius 2 is 0.778 bits per heavy atom. The number of phenols is 2. The highest BCUT2D eigenvalue weighted by molar-refractivity contribution is 7.86. The molecular formula is C48H34N16O22S4. The molecule has 7 aromatic carbocycles. The number of hydrogen-bond donors (Lipinski definition) is 16. The third kappa shape index (κ3) is 13.9. The van der Waals surface area contributed by atoms with Gasteiger partial charge in [0.2, 0.25) is 23.8 Å². The summed E-state index contributed by atoms with van der Waals surface area (Å²) in [5.41, 5.74) is 3.65. The number of amides is 2. The van der Waals surface area contributed by atoms with Gasteiger partial charge in [-0.25, -0.2) is 9.59 Å². The van der Waals surface area contributed by atoms with Crippen LogP contribution in [0.1, 0.15) is 41.4 Å². The lowest BCUT2D eigenvalue weighted by Gasteiger charge is -2.15. The Labute approximate surface area is 500 Å². The zero-order valence-electron chi connectivity index (χ0n) is 43.9. The molecule has 0 bridgehead atoms. The van der Waals surface area contributed by atoms with Crippen LogP contribution in [0.3, 0.4) is 0 Å². The summed E-state index contributed by atoms with van der Waals surface area (Å²) in [5, 5.41) is 80.8. The predicted molar refractivity (Wildman–Crippen MR) is 304 cm³/mol. The molecule has 2 amide bonds. The first kappa shape index (κ1) is 62.7. The summed E-state index contributed by atoms with van der Waals surface area (Å²) < 4.78 is 140. The first-order chi connectivity index (χ1) is 42.2. The quantitative estimate of drug-likeness (QED) is 0.0258. The molecule has 9 aromatic rings. The van der Waals surface area contributed by atoms with Gasteiger partial charge in [0.05, 0.1) is 32.3 Å². The van der Waals surface area contributed by atoms with Gasteiger partial charge in [0, 0.05) is 21.9 Å². The molecule has 0 spiro atoms. The summed E-state index contributed by atoms with van der Waals surface area (Å²) in [7, 11) is -21.0. The second kappa shape index (κ2) is 24.2. The number of aromatic nitrogens is 6. The van der Waals surface area contributed by atoms with Crippen molar-refractivity contribution in [2.24, 2.45) is 20.5 Å². The first-order valence-corrected chi connectivity index (χ1v) is 29.7. The fourth-order valence-electron chi connectivity index (χ4n) is 8.06. The Kier molecular flexibility index (Phi) is 16.8. The topological polar surface area (TPSA) is 606 Å². The average Bonchev–Trinajstić information content (AvgIpc) is 0.805. The first-order valence-electron chi connectivity index (χ1n) is 24.0. The highest BCUT2D eigenvalue weighted by Crippen LogP contribution is 2.48. The molecule has 0 fully saturated rings. The Morgan fingerprint density at radius 1 is 0.411 bits per heavy atom. The Balaban J connectivity index is 0.939. The number of nitrogens with zero attached hydrogens (tertiary/aromatic N) is 10. The molecule has 42 heteroatoms. The number of carboxylic acid groups (broad SMARTS) is 2. The van der Waals surface area contributed by atoms with Crippen LogP contribution in [0.25, 0.3) is 21.5 Å². The van der Waals surface area contributed by atoms with E-state index < -0.39 is 187 Å². The van der Waals surface area contributed by atoms with Gasteiger partial charge in [0.1, 0.15) is 32.5 Å². The maximum atomic E-state index is 13.4. The van der Waals surface area contributed by atoms with Gasteiger partial charge in [0.25, 0.3) is 52.3 Å². The summed E-state index contributed by atoms with van der Waals surface area (Å²) in [6, 6.07) is 16.4. The molecule has 0 saturated carbocycles. The van der Waals surface area contributed by atoms with Crippen LogP contribution in [-0.2, 0) is 40.5 Å². The number of aromatic hydroxyl groups is 4. The van der Waals surface area contributed by atoms with Gasteiger partial charge in [-0.05, 0) is 89.6 Å². The number of phenolic OH excluding ortho intramolecular Hbond substituents is 2. The zero-order chi connectivity index (χ0) is 65.4. The Morgan fingerprint density at radius 3 is 1.13 bits per heavy atom. The van der Waals surface area contributed by atoms with Gasteiger partial charge < -0.3 is 41.3 Å². The predicted octanol–water partition coefficient (Wildman–Crippen LogP) is 5.40. The van der Waals surface area contributed by atoms with Crippen LogP contribution in [0.5, 0.6) is 23.5 Å². The van der Waals surface area contributed by atoms with E-state index in [0.29, 0.717) is 36.4 Å². The third-order valence-electron chi connectivity index (χ3n) is 11.9. The molecular weight excluding hydrogens is 1280 g/mol. The summed E-state index contributed by atoms with van der Waals surface area (Å²) >= 11 is 0. The molecule has 38 nitrogen and oxygen atoms in total. The number of azo groups is 2. The molecule has 0 radical (unpaired) electrons. The number of hydrogen-bond acceptors (Lipinski definition) is 30. The Hall–Kier alpha value is -11.8. The van der Waals surface area contributed by atoms with Gasteiger partial charge in [-0.1, -0.05) is 30.3 Å². The second-order valence-corrected chi connectivity index (χ2v) is 23.4. The summed E-state index contributed by atoms with van der Waals surface area (Å²) in [4.78, 5) is 68.6. The maximum absolute atomic E-state index is 13.4. The van der Waals surface area contributed by atoms with Crippen molar-refractivity contribution in [2.45, 2.75) is 19.6 Å². The second-order valence-electron chi connectivity index (χ2n) is 17.8. The lowest BCUT2D eigenvalue weighted by Crippen LogP contribution is -2.32. The average molecular weight is 1320 g/mol. The number of hydrazine groups is 2. The SMILES string of the molecule is O=C(NNc1nc(O)nc(Nc2cc(S(=O)(=O)O)cc3cc(S(=O)(=O)O)c(N=Nc4ccccc4C(=O)O)c(O)c23)n1)c1cccc(C(=O)NNc2nc(O)nc(Nc3cc(S(=O)(=O)O)cc4cc(S(=O)(=O)O)c(N=Nc5ccccc5C(=O)O)c(O)c34)n2)c1. The number of fused-ring (bicyclic) bond motifs is 2. The molecule has 16 N–H and O–H groups in total. The number of carbonyl (C=O) groups excluding carboxylic acids is 2. The van der Waals surface area contributed by atoms with E-state index in [9.17, 15) is 102 Å². The lowest BCUT2D eigenvalue weighted by molar-refractivity contribution is 0.0687. The largest absolute Gasteiger partial charge is 0.505 e. The summed E-state index contributed by atoms with van der Waals surface area (Å²) in [6.07, 6.45) is 0. The fourth-order valence-corrected chi connectivity index (χ4v) is 10.5. The lowest BCUT2D eigenvalue weighted by atomic mass is 10.1. The van der Waals surface area contributed by atoms with Crippen LogP contribution >= 0.6 is 0 Å². The van der Waals surface area contributed by atoms with Crippen molar-refractivity contribution in [3.05, 3.63) is 131 Å². The van der Waals surface area contributed by atoms with Crippen molar-refractivity contribution in [2.75, 3.05) is 21.5 Å². The minimum absolute atomic E-state index is 0.260. The molecule has 0 saturated heterocycles. The zero-order valence-corrected chi connectivity index (χ0v) is 47.1. The molecule has 2 heterocycles. The number of rotatable bonds is 20. The minimum Gasteiger partial charge on any atom is -0.505 e. The van der Waals surface area contributed by atoms with Crippen molar-refractivity contribution < 1.29 is 102 Å². The van der Waals surface area contributed by atoms with E-state index in [1.807, 2.05) is 0 Å². The van der Waals surface area contributed by atoms with Crippen molar-refractivity contribution >= 4 is 144 Å². The van der Waals surface area contributed by atoms with Gasteiger partial charge in [-0.15, -0.1) is 20.5 Å². The van der Waals surface area contributed by atoms with E-state index in [2.05, 4.69) is 82.7 Å². The number of carboxylic acids is 2. The molecule has 0 aliphatic heterocycles. The van der Waals surface area contributed by atoms with Gasteiger partial charge >= 0.3 is 24.0 Å². The summed E-state index contributed by atoms with van der Waals surface area (Å²) in [5.74, 6) is -10.0. The molecule has 2 aromatic heterocycles. The van der Waals surface area contributed by atoms with Crippen molar-refractivity contribution in [3.8, 4) is 23.5 Å². The monoisotopic (exact) mass is 1310 g/mol. The number of nitrogens with one attached hydrogen (secondary N) is 6. The van der Waals surface area contributed by atoms with Crippen LogP contribution in [0.2, 0.25) is 0 Å². The van der Waals surface area contributed by atoms with Crippen LogP contribution in [-0.4, -0.2) is 136 Å². The van der Waals surface area contributed by atoms with Crippen molar-refractivity contribution in [3.63, 3.8) is 0 Å². The molecule has 0 aliphatic rings. The standard InChI is InChI=1S/C48H34N16O22S4/c65-37-33-21(15-31(89(81,82)83)35(37)59-57-27-10-3-1-8-25(27)41(69)70)13-23(87(75,76)77)17-29(33)49-43-51-45(55-47(73)53-43)63-61-39(67)19-6-5-7-20(12-19)40(68)62-64-46-52-44(54-48(74)56-46)50-30-18-24(88(78,79)80)14-22-16-32(90(84,85)86)36(38(66)34(22)30)60-58-28-11-4-2-9-26(28)42(71)72/h1-18,65-66H,(H,61,67)(H,62,68)(H,69,70)(H,71,72)(H,75,76,77)(H,78,79,80)(H,81,82,83)(H,84,85,86)(H3,49,51,53,55,63,73)(H3,50,52,54,56,64,74). The number of carbonyl (C=O) groups is 4. The molecule has 0 unspecified atom stereocenters. The molecule has 0 aliphatic carbocycles. The highest BCUT2D eigenvalue weighted by Gasteiger charge is 2.29. The molecule has 90 heavy (non-hydrogen) atoms. The van der Waals surface area contributed by atoms with E-state index in [1.165, 1.54) is 54.6 Å². The van der Waals surface area contributed by atoms with Gasteiger partial charge in [0.15, 0.2) is 11.5 Å². The van der Waals surface area contributed by atoms with Crippen LogP contribution in [0.15, 0.2) is 149 Å². The maximum Gasteiger partial charge on any atom is 0.337 e. The van der Waals surface area contributed by atoms with Gasteiger partial charge in [-0.3, -0.25) is 49.5 Å². The van der Waals surface area contributed by atoms with E-state index in [0.717, 1.165) is 18.2 Å². The number of aromatic carboxylic acids is 2. The normalized spacial score (nSPS) is 12.0. The van der Waals surface area contributed by atoms with Crippen LogP contribution < -0.4 is 32.3 Å². The Bertz CT molecular complexity index is 4790.